The zero-order chi connectivity index (χ0) is 15.6. The molecule has 2 heterocycles. The fourth-order valence-electron chi connectivity index (χ4n) is 1.95. The third-order valence-electron chi connectivity index (χ3n) is 3.08. The van der Waals surface area contributed by atoms with E-state index < -0.39 is 0 Å². The Morgan fingerprint density at radius 3 is 2.87 bits per heavy atom. The van der Waals surface area contributed by atoms with Crippen molar-refractivity contribution in [2.24, 2.45) is 4.99 Å². The number of aromatic nitrogens is 3. The minimum absolute atomic E-state index is 0. The van der Waals surface area contributed by atoms with Crippen molar-refractivity contribution in [3.8, 4) is 0 Å². The number of halogens is 1. The van der Waals surface area contributed by atoms with Crippen LogP contribution in [0.25, 0.3) is 0 Å². The van der Waals surface area contributed by atoms with Crippen molar-refractivity contribution >= 4 is 41.3 Å². The minimum atomic E-state index is 0. The monoisotopic (exact) mass is 448 g/mol. The molecule has 23 heavy (non-hydrogen) atoms. The Kier molecular flexibility index (Phi) is 9.85. The second-order valence-electron chi connectivity index (χ2n) is 4.82. The van der Waals surface area contributed by atoms with Gasteiger partial charge in [0.25, 0.3) is 0 Å². The summed E-state index contributed by atoms with van der Waals surface area (Å²) in [6, 6.07) is 1.94. The minimum Gasteiger partial charge on any atom is -0.357 e. The molecular weight excluding hydrogens is 423 g/mol. The second-order valence-corrected chi connectivity index (χ2v) is 6.02. The van der Waals surface area contributed by atoms with Crippen molar-refractivity contribution in [1.82, 2.24) is 25.4 Å². The average Bonchev–Trinajstić information content (AvgIpc) is 3.20. The zero-order valence-corrected chi connectivity index (χ0v) is 16.8. The molecule has 0 amide bonds. The summed E-state index contributed by atoms with van der Waals surface area (Å²) < 4.78 is 1.94. The van der Waals surface area contributed by atoms with Gasteiger partial charge in [-0.05, 0) is 25.8 Å². The summed E-state index contributed by atoms with van der Waals surface area (Å²) in [7, 11) is 0. The molecule has 0 saturated carbocycles. The normalized spacial score (nSPS) is 11.1. The van der Waals surface area contributed by atoms with Crippen LogP contribution < -0.4 is 10.6 Å². The van der Waals surface area contributed by atoms with Crippen LogP contribution in [0, 0.1) is 0 Å². The standard InChI is InChI=1S/C15H24N6S.HI/c1-3-13-11-18-14(22-13)12-19-15(16-4-2)17-7-5-9-21-10-6-8-20-21;/h6,8,10-11H,3-5,7,9,12H2,1-2H3,(H2,16,17,19);1H. The van der Waals surface area contributed by atoms with Crippen LogP contribution in [-0.4, -0.2) is 33.8 Å². The van der Waals surface area contributed by atoms with Gasteiger partial charge < -0.3 is 10.6 Å². The summed E-state index contributed by atoms with van der Waals surface area (Å²) in [5, 5.41) is 11.9. The number of aliphatic imine (C=N–C) groups is 1. The number of aryl methyl sites for hydroxylation is 2. The zero-order valence-electron chi connectivity index (χ0n) is 13.7. The molecule has 8 heteroatoms. The van der Waals surface area contributed by atoms with Gasteiger partial charge in [0, 0.05) is 43.1 Å². The molecule has 0 saturated heterocycles. The fourth-order valence-corrected chi connectivity index (χ4v) is 2.74. The van der Waals surface area contributed by atoms with E-state index in [0.717, 1.165) is 43.4 Å². The van der Waals surface area contributed by atoms with Crippen LogP contribution in [0.1, 0.15) is 30.2 Å². The summed E-state index contributed by atoms with van der Waals surface area (Å²) >= 11 is 1.73. The molecule has 0 aromatic carbocycles. The third-order valence-corrected chi connectivity index (χ3v) is 4.21. The summed E-state index contributed by atoms with van der Waals surface area (Å²) in [5.74, 6) is 0.844. The molecule has 128 valence electrons. The lowest BCUT2D eigenvalue weighted by Crippen LogP contribution is -2.38. The molecular formula is C15H25IN6S. The van der Waals surface area contributed by atoms with Crippen LogP contribution in [0.3, 0.4) is 0 Å². The number of thiazole rings is 1. The van der Waals surface area contributed by atoms with Crippen LogP contribution in [0.2, 0.25) is 0 Å². The summed E-state index contributed by atoms with van der Waals surface area (Å²) in [5.41, 5.74) is 0. The molecule has 2 aromatic rings. The lowest BCUT2D eigenvalue weighted by atomic mass is 10.4. The molecule has 0 spiro atoms. The topological polar surface area (TPSA) is 67.1 Å². The molecule has 2 N–H and O–H groups in total. The van der Waals surface area contributed by atoms with Crippen molar-refractivity contribution in [2.45, 2.75) is 39.8 Å². The molecule has 0 unspecified atom stereocenters. The largest absolute Gasteiger partial charge is 0.357 e. The Morgan fingerprint density at radius 1 is 1.35 bits per heavy atom. The molecule has 6 nitrogen and oxygen atoms in total. The van der Waals surface area contributed by atoms with Gasteiger partial charge >= 0.3 is 0 Å². The van der Waals surface area contributed by atoms with Gasteiger partial charge in [-0.15, -0.1) is 35.3 Å². The molecule has 0 aliphatic carbocycles. The van der Waals surface area contributed by atoms with Crippen LogP contribution in [-0.2, 0) is 19.5 Å². The lowest BCUT2D eigenvalue weighted by Gasteiger charge is -2.10. The van der Waals surface area contributed by atoms with Crippen molar-refractivity contribution in [3.63, 3.8) is 0 Å². The summed E-state index contributed by atoms with van der Waals surface area (Å²) in [6.07, 6.45) is 7.76. The predicted molar refractivity (Wildman–Crippen MR) is 107 cm³/mol. The Hall–Kier alpha value is -1.16. The smallest absolute Gasteiger partial charge is 0.191 e. The number of nitrogens with zero attached hydrogens (tertiary/aromatic N) is 4. The van der Waals surface area contributed by atoms with E-state index in [9.17, 15) is 0 Å². The molecule has 0 radical (unpaired) electrons. The van der Waals surface area contributed by atoms with Crippen LogP contribution in [0.15, 0.2) is 29.6 Å². The van der Waals surface area contributed by atoms with Gasteiger partial charge in [-0.3, -0.25) is 4.68 Å². The van der Waals surface area contributed by atoms with E-state index in [-0.39, 0.29) is 24.0 Å². The molecule has 2 aromatic heterocycles. The first-order valence-electron chi connectivity index (χ1n) is 7.75. The molecule has 0 aliphatic heterocycles. The second kappa shape index (κ2) is 11.4. The van der Waals surface area contributed by atoms with E-state index in [2.05, 4.69) is 39.6 Å². The maximum Gasteiger partial charge on any atom is 0.191 e. The highest BCUT2D eigenvalue weighted by molar-refractivity contribution is 14.0. The van der Waals surface area contributed by atoms with Crippen molar-refractivity contribution in [1.29, 1.82) is 0 Å². The average molecular weight is 448 g/mol. The van der Waals surface area contributed by atoms with E-state index in [1.54, 1.807) is 17.5 Å². The Morgan fingerprint density at radius 2 is 2.22 bits per heavy atom. The van der Waals surface area contributed by atoms with Gasteiger partial charge in [0.15, 0.2) is 5.96 Å². The van der Waals surface area contributed by atoms with E-state index >= 15 is 0 Å². The first-order chi connectivity index (χ1) is 10.8. The molecule has 0 bridgehead atoms. The van der Waals surface area contributed by atoms with E-state index in [0.29, 0.717) is 6.54 Å². The number of hydrogen-bond donors (Lipinski definition) is 2. The van der Waals surface area contributed by atoms with Gasteiger partial charge in [0.1, 0.15) is 5.01 Å². The Labute approximate surface area is 158 Å². The van der Waals surface area contributed by atoms with Crippen molar-refractivity contribution < 1.29 is 0 Å². The lowest BCUT2D eigenvalue weighted by molar-refractivity contribution is 0.570. The van der Waals surface area contributed by atoms with Crippen molar-refractivity contribution in [2.75, 3.05) is 13.1 Å². The highest BCUT2D eigenvalue weighted by atomic mass is 127. The van der Waals surface area contributed by atoms with E-state index in [4.69, 9.17) is 0 Å². The Balaban J connectivity index is 0.00000264. The number of guanidine groups is 1. The third kappa shape index (κ3) is 7.30. The summed E-state index contributed by atoms with van der Waals surface area (Å²) in [6.45, 7) is 7.46. The van der Waals surface area contributed by atoms with E-state index in [1.807, 2.05) is 23.1 Å². The SMILES string of the molecule is CCNC(=NCc1ncc(CC)s1)NCCCn1cccn1.I. The maximum absolute atomic E-state index is 4.59. The highest BCUT2D eigenvalue weighted by Crippen LogP contribution is 2.13. The number of hydrogen-bond acceptors (Lipinski definition) is 4. The molecule has 2 rings (SSSR count). The molecule has 0 atom stereocenters. The van der Waals surface area contributed by atoms with Gasteiger partial charge in [0.05, 0.1) is 6.54 Å². The van der Waals surface area contributed by atoms with Gasteiger partial charge in [-0.25, -0.2) is 9.98 Å². The molecule has 0 aliphatic rings. The number of rotatable bonds is 8. The van der Waals surface area contributed by atoms with E-state index in [1.165, 1.54) is 4.88 Å². The Bertz CT molecular complexity index is 566. The number of nitrogens with one attached hydrogen (secondary N) is 2. The van der Waals surface area contributed by atoms with Gasteiger partial charge in [-0.2, -0.15) is 5.10 Å². The van der Waals surface area contributed by atoms with Crippen LogP contribution in [0.5, 0.6) is 0 Å². The quantitative estimate of drug-likeness (QED) is 0.282. The summed E-state index contributed by atoms with van der Waals surface area (Å²) in [4.78, 5) is 10.3. The predicted octanol–water partition coefficient (Wildman–Crippen LogP) is 2.67. The van der Waals surface area contributed by atoms with Crippen LogP contribution in [0.4, 0.5) is 0 Å². The highest BCUT2D eigenvalue weighted by Gasteiger charge is 2.01. The van der Waals surface area contributed by atoms with Gasteiger partial charge in [0.2, 0.25) is 0 Å². The maximum atomic E-state index is 4.59. The first-order valence-corrected chi connectivity index (χ1v) is 8.56. The van der Waals surface area contributed by atoms with Crippen molar-refractivity contribution in [3.05, 3.63) is 34.5 Å². The van der Waals surface area contributed by atoms with Crippen LogP contribution >= 0.6 is 35.3 Å². The molecule has 0 fully saturated rings. The fraction of sp³-hybridized carbons (Fsp3) is 0.533. The van der Waals surface area contributed by atoms with Gasteiger partial charge in [-0.1, -0.05) is 6.92 Å². The first kappa shape index (κ1) is 19.9.